The molecular weight excluding hydrogens is 499 g/mol. The summed E-state index contributed by atoms with van der Waals surface area (Å²) in [6.07, 6.45) is 3.52. The van der Waals surface area contributed by atoms with Crippen LogP contribution in [0.15, 0.2) is 81.2 Å². The summed E-state index contributed by atoms with van der Waals surface area (Å²) in [5.41, 5.74) is 1.76. The van der Waals surface area contributed by atoms with E-state index in [4.69, 9.17) is 14.1 Å². The number of hydrogen-bond acceptors (Lipinski definition) is 5. The number of halogens is 1. The first kappa shape index (κ1) is 19.8. The van der Waals surface area contributed by atoms with Crippen LogP contribution < -0.4 is 4.74 Å². The average molecular weight is 516 g/mol. The number of aliphatic imine (C=N–C) groups is 1. The Labute approximate surface area is 186 Å². The van der Waals surface area contributed by atoms with Gasteiger partial charge in [-0.15, -0.1) is 0 Å². The van der Waals surface area contributed by atoms with E-state index < -0.39 is 0 Å². The fourth-order valence-corrected chi connectivity index (χ4v) is 4.32. The number of benzene rings is 2. The van der Waals surface area contributed by atoms with Gasteiger partial charge in [-0.2, -0.15) is 0 Å². The molecule has 0 radical (unpaired) electrons. The van der Waals surface area contributed by atoms with Gasteiger partial charge in [0.2, 0.25) is 0 Å². The van der Waals surface area contributed by atoms with Crippen molar-refractivity contribution in [3.8, 4) is 5.75 Å². The van der Waals surface area contributed by atoms with Gasteiger partial charge in [0.15, 0.2) is 5.17 Å². The Hall–Kier alpha value is -2.52. The number of carbonyl (C=O) groups is 1. The number of ether oxygens (including phenoxy) is 1. The van der Waals surface area contributed by atoms with Crippen molar-refractivity contribution in [3.63, 3.8) is 0 Å². The Bertz CT molecular complexity index is 1080. The molecule has 2 aromatic carbocycles. The Morgan fingerprint density at radius 1 is 1.14 bits per heavy atom. The highest BCUT2D eigenvalue weighted by Gasteiger charge is 2.34. The van der Waals surface area contributed by atoms with Crippen molar-refractivity contribution < 1.29 is 13.9 Å². The highest BCUT2D eigenvalue weighted by molar-refractivity contribution is 14.1. The molecule has 1 saturated heterocycles. The molecule has 0 atom stereocenters. The lowest BCUT2D eigenvalue weighted by Gasteiger charge is -2.13. The summed E-state index contributed by atoms with van der Waals surface area (Å²) >= 11 is 3.64. The number of carbonyl (C=O) groups excluding carboxylic acids is 1. The molecule has 0 spiro atoms. The van der Waals surface area contributed by atoms with E-state index in [2.05, 4.69) is 22.6 Å². The van der Waals surface area contributed by atoms with Crippen LogP contribution in [-0.2, 0) is 11.3 Å². The molecule has 29 heavy (non-hydrogen) atoms. The van der Waals surface area contributed by atoms with Crippen LogP contribution in [0.5, 0.6) is 5.75 Å². The molecule has 5 nitrogen and oxygen atoms in total. The third-order valence-corrected chi connectivity index (χ3v) is 6.26. The molecule has 4 rings (SSSR count). The number of methoxy groups -OCH3 is 1. The number of amides is 1. The minimum Gasteiger partial charge on any atom is -0.497 e. The first-order valence-electron chi connectivity index (χ1n) is 8.85. The molecule has 1 amide bonds. The topological polar surface area (TPSA) is 55.0 Å². The zero-order valence-electron chi connectivity index (χ0n) is 15.5. The van der Waals surface area contributed by atoms with Gasteiger partial charge in [-0.25, -0.2) is 4.99 Å². The SMILES string of the molecule is COc1ccc(N=C2S/C(=C\c3ccccc3I)C(=O)N2Cc2ccco2)cc1. The van der Waals surface area contributed by atoms with Gasteiger partial charge in [0, 0.05) is 3.57 Å². The third kappa shape index (κ3) is 4.56. The summed E-state index contributed by atoms with van der Waals surface area (Å²) in [4.78, 5) is 20.1. The molecule has 1 fully saturated rings. The monoisotopic (exact) mass is 516 g/mol. The fraction of sp³-hybridized carbons (Fsp3) is 0.0909. The molecule has 7 heteroatoms. The third-order valence-electron chi connectivity index (χ3n) is 4.27. The molecule has 146 valence electrons. The maximum absolute atomic E-state index is 13.1. The minimum absolute atomic E-state index is 0.0849. The first-order chi connectivity index (χ1) is 14.1. The molecule has 0 N–H and O–H groups in total. The fourth-order valence-electron chi connectivity index (χ4n) is 2.79. The Morgan fingerprint density at radius 3 is 2.62 bits per heavy atom. The molecule has 1 aliphatic rings. The van der Waals surface area contributed by atoms with E-state index in [1.807, 2.05) is 66.7 Å². The van der Waals surface area contributed by atoms with Crippen LogP contribution in [0.25, 0.3) is 6.08 Å². The maximum atomic E-state index is 13.1. The number of hydrogen-bond donors (Lipinski definition) is 0. The van der Waals surface area contributed by atoms with Gasteiger partial charge in [0.1, 0.15) is 11.5 Å². The molecule has 0 saturated carbocycles. The second-order valence-electron chi connectivity index (χ2n) is 6.20. The van der Waals surface area contributed by atoms with Gasteiger partial charge in [0.25, 0.3) is 5.91 Å². The summed E-state index contributed by atoms with van der Waals surface area (Å²) in [7, 11) is 1.62. The summed E-state index contributed by atoms with van der Waals surface area (Å²) in [6.45, 7) is 0.330. The molecule has 1 aliphatic heterocycles. The molecule has 3 aromatic rings. The average Bonchev–Trinajstić information content (AvgIpc) is 3.35. The van der Waals surface area contributed by atoms with Crippen molar-refractivity contribution in [1.29, 1.82) is 0 Å². The lowest BCUT2D eigenvalue weighted by atomic mass is 10.2. The summed E-state index contributed by atoms with van der Waals surface area (Å²) in [5.74, 6) is 1.38. The van der Waals surface area contributed by atoms with E-state index in [1.165, 1.54) is 11.8 Å². The van der Waals surface area contributed by atoms with Crippen molar-refractivity contribution in [2.45, 2.75) is 6.54 Å². The van der Waals surface area contributed by atoms with Crippen LogP contribution in [0.1, 0.15) is 11.3 Å². The number of rotatable bonds is 5. The molecule has 0 aliphatic carbocycles. The molecule has 1 aromatic heterocycles. The van der Waals surface area contributed by atoms with E-state index in [1.54, 1.807) is 18.3 Å². The van der Waals surface area contributed by atoms with Gasteiger partial charge in [-0.1, -0.05) is 18.2 Å². The summed E-state index contributed by atoms with van der Waals surface area (Å²) < 4.78 is 11.7. The minimum atomic E-state index is -0.0849. The van der Waals surface area contributed by atoms with E-state index in [9.17, 15) is 4.79 Å². The number of nitrogens with zero attached hydrogens (tertiary/aromatic N) is 2. The number of furan rings is 1. The van der Waals surface area contributed by atoms with Crippen LogP contribution >= 0.6 is 34.4 Å². The number of amidine groups is 1. The predicted molar refractivity (Wildman–Crippen MR) is 124 cm³/mol. The van der Waals surface area contributed by atoms with Crippen LogP contribution in [-0.4, -0.2) is 23.1 Å². The summed E-state index contributed by atoms with van der Waals surface area (Å²) in [5, 5.41) is 0.619. The molecule has 2 heterocycles. The van der Waals surface area contributed by atoms with Crippen molar-refractivity contribution >= 4 is 57.2 Å². The Kier molecular flexibility index (Phi) is 6.05. The van der Waals surface area contributed by atoms with Crippen LogP contribution in [0.3, 0.4) is 0 Å². The largest absolute Gasteiger partial charge is 0.497 e. The van der Waals surface area contributed by atoms with Crippen molar-refractivity contribution in [2.24, 2.45) is 4.99 Å². The van der Waals surface area contributed by atoms with E-state index in [0.717, 1.165) is 20.6 Å². The van der Waals surface area contributed by atoms with Crippen LogP contribution in [0, 0.1) is 3.57 Å². The normalized spacial score (nSPS) is 16.8. The quantitative estimate of drug-likeness (QED) is 0.323. The zero-order valence-corrected chi connectivity index (χ0v) is 18.5. The lowest BCUT2D eigenvalue weighted by Crippen LogP contribution is -2.28. The van der Waals surface area contributed by atoms with Crippen LogP contribution in [0.2, 0.25) is 0 Å². The van der Waals surface area contributed by atoms with Gasteiger partial charge in [0.05, 0.1) is 30.5 Å². The smallest absolute Gasteiger partial charge is 0.267 e. The van der Waals surface area contributed by atoms with Gasteiger partial charge >= 0.3 is 0 Å². The summed E-state index contributed by atoms with van der Waals surface area (Å²) in [6, 6.07) is 19.0. The van der Waals surface area contributed by atoms with E-state index in [-0.39, 0.29) is 5.91 Å². The van der Waals surface area contributed by atoms with Crippen molar-refractivity contribution in [3.05, 3.63) is 86.7 Å². The molecule has 0 bridgehead atoms. The van der Waals surface area contributed by atoms with Crippen LogP contribution in [0.4, 0.5) is 5.69 Å². The maximum Gasteiger partial charge on any atom is 0.267 e. The van der Waals surface area contributed by atoms with Gasteiger partial charge in [-0.3, -0.25) is 9.69 Å². The predicted octanol–water partition coefficient (Wildman–Crippen LogP) is 5.70. The Balaban J connectivity index is 1.69. The number of thioether (sulfide) groups is 1. The second kappa shape index (κ2) is 8.87. The van der Waals surface area contributed by atoms with Crippen molar-refractivity contribution in [2.75, 3.05) is 7.11 Å². The lowest BCUT2D eigenvalue weighted by molar-refractivity contribution is -0.122. The van der Waals surface area contributed by atoms with Gasteiger partial charge < -0.3 is 9.15 Å². The van der Waals surface area contributed by atoms with Gasteiger partial charge in [-0.05, 0) is 88.5 Å². The highest BCUT2D eigenvalue weighted by atomic mass is 127. The van der Waals surface area contributed by atoms with Crippen molar-refractivity contribution in [1.82, 2.24) is 4.90 Å². The van der Waals surface area contributed by atoms with E-state index >= 15 is 0 Å². The molecular formula is C22H17IN2O3S. The standard InChI is InChI=1S/C22H17IN2O3S/c1-27-17-10-8-16(9-11-17)24-22-25(14-18-6-4-12-28-18)21(26)20(29-22)13-15-5-2-3-7-19(15)23/h2-13H,14H2,1H3/b20-13-,24-22?. The molecule has 0 unspecified atom stereocenters. The zero-order chi connectivity index (χ0) is 20.2. The van der Waals surface area contributed by atoms with E-state index in [0.29, 0.717) is 22.4 Å². The first-order valence-corrected chi connectivity index (χ1v) is 10.7. The highest BCUT2D eigenvalue weighted by Crippen LogP contribution is 2.36. The second-order valence-corrected chi connectivity index (χ2v) is 8.37. The Morgan fingerprint density at radius 2 is 1.93 bits per heavy atom.